The third-order valence-electron chi connectivity index (χ3n) is 3.83. The molecule has 0 spiro atoms. The molecule has 0 saturated carbocycles. The molecule has 2 heterocycles. The van der Waals surface area contributed by atoms with E-state index >= 15 is 0 Å². The highest BCUT2D eigenvalue weighted by Gasteiger charge is 2.09. The van der Waals surface area contributed by atoms with Gasteiger partial charge in [0.1, 0.15) is 11.6 Å². The number of halogens is 1. The van der Waals surface area contributed by atoms with E-state index in [2.05, 4.69) is 20.3 Å². The minimum atomic E-state index is -0.280. The number of anilines is 2. The molecule has 1 N–H and O–H groups in total. The summed E-state index contributed by atoms with van der Waals surface area (Å²) in [7, 11) is 0. The Bertz CT molecular complexity index is 1000. The van der Waals surface area contributed by atoms with Crippen LogP contribution in [0.1, 0.15) is 0 Å². The molecule has 0 fully saturated rings. The van der Waals surface area contributed by atoms with Gasteiger partial charge in [0.05, 0.1) is 5.69 Å². The summed E-state index contributed by atoms with van der Waals surface area (Å²) in [6, 6.07) is 21.6. The number of aromatic nitrogens is 3. The van der Waals surface area contributed by atoms with E-state index in [0.717, 1.165) is 16.8 Å². The Morgan fingerprint density at radius 1 is 0.769 bits per heavy atom. The van der Waals surface area contributed by atoms with Gasteiger partial charge in [-0.3, -0.25) is 4.98 Å². The molecule has 126 valence electrons. The van der Waals surface area contributed by atoms with Crippen LogP contribution in [0.5, 0.6) is 0 Å². The van der Waals surface area contributed by atoms with E-state index in [4.69, 9.17) is 0 Å². The lowest BCUT2D eigenvalue weighted by molar-refractivity contribution is 0.628. The molecule has 4 aromatic rings. The second-order valence-corrected chi connectivity index (χ2v) is 5.70. The molecule has 4 rings (SSSR count). The van der Waals surface area contributed by atoms with Crippen LogP contribution in [0.15, 0.2) is 85.2 Å². The number of benzene rings is 2. The molecule has 0 aliphatic carbocycles. The first-order valence-electron chi connectivity index (χ1n) is 8.15. The first kappa shape index (κ1) is 15.9. The Kier molecular flexibility index (Phi) is 4.35. The zero-order valence-electron chi connectivity index (χ0n) is 13.8. The second-order valence-electron chi connectivity index (χ2n) is 5.70. The van der Waals surface area contributed by atoms with E-state index in [9.17, 15) is 4.39 Å². The highest BCUT2D eigenvalue weighted by atomic mass is 19.1. The van der Waals surface area contributed by atoms with E-state index < -0.39 is 0 Å². The first-order chi connectivity index (χ1) is 12.8. The number of nitrogens with zero attached hydrogens (tertiary/aromatic N) is 3. The lowest BCUT2D eigenvalue weighted by atomic mass is 10.1. The topological polar surface area (TPSA) is 50.7 Å². The van der Waals surface area contributed by atoms with Crippen LogP contribution in [-0.2, 0) is 0 Å². The van der Waals surface area contributed by atoms with Crippen molar-refractivity contribution in [2.45, 2.75) is 0 Å². The third-order valence-corrected chi connectivity index (χ3v) is 3.83. The van der Waals surface area contributed by atoms with Gasteiger partial charge in [0.25, 0.3) is 0 Å². The van der Waals surface area contributed by atoms with Gasteiger partial charge in [-0.05, 0) is 48.5 Å². The van der Waals surface area contributed by atoms with Crippen molar-refractivity contribution in [2.24, 2.45) is 0 Å². The van der Waals surface area contributed by atoms with Gasteiger partial charge < -0.3 is 5.32 Å². The smallest absolute Gasteiger partial charge is 0.163 e. The van der Waals surface area contributed by atoms with Crippen molar-refractivity contribution in [2.75, 3.05) is 5.32 Å². The van der Waals surface area contributed by atoms with Gasteiger partial charge in [0.15, 0.2) is 5.82 Å². The molecule has 0 amide bonds. The van der Waals surface area contributed by atoms with E-state index in [1.807, 2.05) is 48.5 Å². The summed E-state index contributed by atoms with van der Waals surface area (Å²) in [6.07, 6.45) is 3.42. The molecule has 4 nitrogen and oxygen atoms in total. The second kappa shape index (κ2) is 7.11. The van der Waals surface area contributed by atoms with Gasteiger partial charge in [-0.15, -0.1) is 0 Å². The molecule has 0 radical (unpaired) electrons. The van der Waals surface area contributed by atoms with Crippen LogP contribution in [0.4, 0.5) is 15.9 Å². The summed E-state index contributed by atoms with van der Waals surface area (Å²) < 4.78 is 13.3. The van der Waals surface area contributed by atoms with Crippen molar-refractivity contribution in [3.8, 4) is 22.6 Å². The molecule has 0 aliphatic rings. The fourth-order valence-corrected chi connectivity index (χ4v) is 2.57. The van der Waals surface area contributed by atoms with Crippen LogP contribution in [0.2, 0.25) is 0 Å². The maximum absolute atomic E-state index is 13.3. The van der Waals surface area contributed by atoms with E-state index in [0.29, 0.717) is 17.3 Å². The van der Waals surface area contributed by atoms with Crippen molar-refractivity contribution in [3.63, 3.8) is 0 Å². The van der Waals surface area contributed by atoms with Crippen LogP contribution in [0.25, 0.3) is 22.6 Å². The van der Waals surface area contributed by atoms with Gasteiger partial charge in [0, 0.05) is 35.3 Å². The number of hydrogen-bond acceptors (Lipinski definition) is 4. The fourth-order valence-electron chi connectivity index (χ4n) is 2.57. The standard InChI is InChI=1S/C21H15FN4/c22-17-10-8-15(9-11-17)19-13-20(24-18-6-2-1-3-7-18)26-21(25-19)16-5-4-12-23-14-16/h1-14H,(H,24,25,26). The normalized spacial score (nSPS) is 10.5. The van der Waals surface area contributed by atoms with Gasteiger partial charge >= 0.3 is 0 Å². The van der Waals surface area contributed by atoms with E-state index in [1.54, 1.807) is 24.5 Å². The molecule has 0 saturated heterocycles. The molecular formula is C21H15FN4. The number of para-hydroxylation sites is 1. The average molecular weight is 342 g/mol. The molecule has 2 aromatic heterocycles. The summed E-state index contributed by atoms with van der Waals surface area (Å²) in [5.74, 6) is 0.931. The molecule has 0 aliphatic heterocycles. The molecule has 26 heavy (non-hydrogen) atoms. The van der Waals surface area contributed by atoms with Crippen molar-refractivity contribution in [1.82, 2.24) is 15.0 Å². The maximum atomic E-state index is 13.3. The minimum Gasteiger partial charge on any atom is -0.340 e. The molecular weight excluding hydrogens is 327 g/mol. The predicted molar refractivity (Wildman–Crippen MR) is 100 cm³/mol. The van der Waals surface area contributed by atoms with E-state index in [1.165, 1.54) is 12.1 Å². The van der Waals surface area contributed by atoms with Gasteiger partial charge in [-0.1, -0.05) is 18.2 Å². The fraction of sp³-hybridized carbons (Fsp3) is 0. The molecule has 0 atom stereocenters. The first-order valence-corrected chi connectivity index (χ1v) is 8.15. The lowest BCUT2D eigenvalue weighted by Crippen LogP contribution is -1.99. The Hall–Kier alpha value is -3.60. The van der Waals surface area contributed by atoms with Crippen molar-refractivity contribution in [1.29, 1.82) is 0 Å². The van der Waals surface area contributed by atoms with E-state index in [-0.39, 0.29) is 5.82 Å². The van der Waals surface area contributed by atoms with Gasteiger partial charge in [0.2, 0.25) is 0 Å². The highest BCUT2D eigenvalue weighted by molar-refractivity contribution is 5.69. The molecule has 2 aromatic carbocycles. The summed E-state index contributed by atoms with van der Waals surface area (Å²) in [6.45, 7) is 0. The Morgan fingerprint density at radius 3 is 2.31 bits per heavy atom. The number of pyridine rings is 1. The van der Waals surface area contributed by atoms with Crippen LogP contribution in [0, 0.1) is 5.82 Å². The van der Waals surface area contributed by atoms with Crippen LogP contribution < -0.4 is 5.32 Å². The highest BCUT2D eigenvalue weighted by Crippen LogP contribution is 2.26. The quantitative estimate of drug-likeness (QED) is 0.561. The Labute approximate surface area is 150 Å². The van der Waals surface area contributed by atoms with Gasteiger partial charge in [-0.2, -0.15) is 0 Å². The SMILES string of the molecule is Fc1ccc(-c2cc(Nc3ccccc3)nc(-c3cccnc3)n2)cc1. The van der Waals surface area contributed by atoms with Crippen LogP contribution in [-0.4, -0.2) is 15.0 Å². The largest absolute Gasteiger partial charge is 0.340 e. The summed E-state index contributed by atoms with van der Waals surface area (Å²) in [5, 5.41) is 3.29. The van der Waals surface area contributed by atoms with Crippen molar-refractivity contribution >= 4 is 11.5 Å². The number of rotatable bonds is 4. The van der Waals surface area contributed by atoms with Crippen LogP contribution >= 0.6 is 0 Å². The van der Waals surface area contributed by atoms with Crippen molar-refractivity contribution < 1.29 is 4.39 Å². The monoisotopic (exact) mass is 342 g/mol. The maximum Gasteiger partial charge on any atom is 0.163 e. The molecule has 0 bridgehead atoms. The third kappa shape index (κ3) is 3.57. The van der Waals surface area contributed by atoms with Crippen LogP contribution in [0.3, 0.4) is 0 Å². The number of hydrogen-bond donors (Lipinski definition) is 1. The summed E-state index contributed by atoms with van der Waals surface area (Å²) >= 11 is 0. The number of nitrogens with one attached hydrogen (secondary N) is 1. The van der Waals surface area contributed by atoms with Crippen molar-refractivity contribution in [3.05, 3.63) is 91.0 Å². The minimum absolute atomic E-state index is 0.280. The zero-order chi connectivity index (χ0) is 17.8. The Morgan fingerprint density at radius 2 is 1.58 bits per heavy atom. The Balaban J connectivity index is 1.80. The lowest BCUT2D eigenvalue weighted by Gasteiger charge is -2.10. The van der Waals surface area contributed by atoms with Gasteiger partial charge in [-0.25, -0.2) is 14.4 Å². The molecule has 5 heteroatoms. The average Bonchev–Trinajstić information content (AvgIpc) is 2.70. The predicted octanol–water partition coefficient (Wildman–Crippen LogP) is 5.09. The summed E-state index contributed by atoms with van der Waals surface area (Å²) in [5.41, 5.74) is 3.26. The molecule has 0 unspecified atom stereocenters. The zero-order valence-corrected chi connectivity index (χ0v) is 13.8. The summed E-state index contributed by atoms with van der Waals surface area (Å²) in [4.78, 5) is 13.4.